The van der Waals surface area contributed by atoms with Crippen LogP contribution in [0.4, 0.5) is 0 Å². The average Bonchev–Trinajstić information content (AvgIpc) is 2.54. The highest BCUT2D eigenvalue weighted by atomic mass is 16.7. The minimum absolute atomic E-state index is 0.110. The van der Waals surface area contributed by atoms with Crippen molar-refractivity contribution in [1.29, 1.82) is 0 Å². The third-order valence-corrected chi connectivity index (χ3v) is 3.94. The van der Waals surface area contributed by atoms with Gasteiger partial charge in [-0.05, 0) is 0 Å². The molecule has 1 amide bonds. The summed E-state index contributed by atoms with van der Waals surface area (Å²) in [4.78, 5) is 11.3. The SMILES string of the molecule is COC1OC2COC(c3ccccc3)OC2CC1NC(C)=O. The normalized spacial score (nSPS) is 34.7. The van der Waals surface area contributed by atoms with Gasteiger partial charge in [0.25, 0.3) is 0 Å². The third kappa shape index (κ3) is 3.30. The van der Waals surface area contributed by atoms with Crippen LogP contribution in [0.1, 0.15) is 25.2 Å². The van der Waals surface area contributed by atoms with Gasteiger partial charge in [0, 0.05) is 26.0 Å². The van der Waals surface area contributed by atoms with Gasteiger partial charge in [-0.3, -0.25) is 4.79 Å². The number of hydrogen-bond donors (Lipinski definition) is 1. The van der Waals surface area contributed by atoms with Gasteiger partial charge >= 0.3 is 0 Å². The summed E-state index contributed by atoms with van der Waals surface area (Å²) in [7, 11) is 1.57. The molecule has 1 aromatic carbocycles. The van der Waals surface area contributed by atoms with Gasteiger partial charge < -0.3 is 24.3 Å². The quantitative estimate of drug-likeness (QED) is 0.913. The first-order valence-corrected chi connectivity index (χ1v) is 7.44. The Morgan fingerprint density at radius 3 is 2.68 bits per heavy atom. The van der Waals surface area contributed by atoms with Crippen molar-refractivity contribution in [2.24, 2.45) is 0 Å². The number of carbonyl (C=O) groups is 1. The van der Waals surface area contributed by atoms with Gasteiger partial charge in [-0.1, -0.05) is 30.3 Å². The molecule has 22 heavy (non-hydrogen) atoms. The van der Waals surface area contributed by atoms with Gasteiger partial charge in [0.2, 0.25) is 5.91 Å². The van der Waals surface area contributed by atoms with Gasteiger partial charge in [-0.15, -0.1) is 0 Å². The number of nitrogens with one attached hydrogen (secondary N) is 1. The molecule has 0 saturated carbocycles. The maximum absolute atomic E-state index is 11.3. The summed E-state index contributed by atoms with van der Waals surface area (Å²) in [6.45, 7) is 1.92. The zero-order chi connectivity index (χ0) is 15.5. The van der Waals surface area contributed by atoms with E-state index in [2.05, 4.69) is 5.32 Å². The van der Waals surface area contributed by atoms with Crippen molar-refractivity contribution >= 4 is 5.91 Å². The molecule has 5 unspecified atom stereocenters. The van der Waals surface area contributed by atoms with Crippen LogP contribution in [0.15, 0.2) is 30.3 Å². The molecule has 0 radical (unpaired) electrons. The Balaban J connectivity index is 1.69. The van der Waals surface area contributed by atoms with Gasteiger partial charge in [-0.25, -0.2) is 0 Å². The fourth-order valence-electron chi connectivity index (χ4n) is 2.93. The number of ether oxygens (including phenoxy) is 4. The van der Waals surface area contributed by atoms with Crippen molar-refractivity contribution < 1.29 is 23.7 Å². The molecule has 5 atom stereocenters. The highest BCUT2D eigenvalue weighted by molar-refractivity contribution is 5.73. The third-order valence-electron chi connectivity index (χ3n) is 3.94. The Labute approximate surface area is 129 Å². The lowest BCUT2D eigenvalue weighted by Crippen LogP contribution is -2.58. The first kappa shape index (κ1) is 15.4. The maximum Gasteiger partial charge on any atom is 0.217 e. The van der Waals surface area contributed by atoms with Crippen molar-refractivity contribution in [2.45, 2.75) is 44.2 Å². The second-order valence-corrected chi connectivity index (χ2v) is 5.57. The highest BCUT2D eigenvalue weighted by Gasteiger charge is 2.43. The molecule has 2 fully saturated rings. The molecular weight excluding hydrogens is 286 g/mol. The standard InChI is InChI=1S/C16H21NO5/c1-10(18)17-12-8-13-14(22-16(12)19-2)9-20-15(21-13)11-6-4-3-5-7-11/h3-7,12-16H,8-9H2,1-2H3,(H,17,18). The summed E-state index contributed by atoms with van der Waals surface area (Å²) in [6.07, 6.45) is -0.569. The molecule has 1 N–H and O–H groups in total. The van der Waals surface area contributed by atoms with Crippen molar-refractivity contribution in [3.05, 3.63) is 35.9 Å². The Morgan fingerprint density at radius 2 is 2.00 bits per heavy atom. The predicted octanol–water partition coefficient (Wildman–Crippen LogP) is 1.37. The molecule has 0 bridgehead atoms. The summed E-state index contributed by atoms with van der Waals surface area (Å²) in [5.74, 6) is -0.110. The molecule has 2 aliphatic rings. The van der Waals surface area contributed by atoms with Crippen LogP contribution in [0, 0.1) is 0 Å². The fourth-order valence-corrected chi connectivity index (χ4v) is 2.93. The number of amides is 1. The van der Waals surface area contributed by atoms with Crippen molar-refractivity contribution in [3.63, 3.8) is 0 Å². The van der Waals surface area contributed by atoms with E-state index in [9.17, 15) is 4.79 Å². The summed E-state index contributed by atoms with van der Waals surface area (Å²) < 4.78 is 22.9. The van der Waals surface area contributed by atoms with E-state index in [-0.39, 0.29) is 24.2 Å². The van der Waals surface area contributed by atoms with Crippen LogP contribution in [0.2, 0.25) is 0 Å². The number of benzene rings is 1. The predicted molar refractivity (Wildman–Crippen MR) is 77.9 cm³/mol. The van der Waals surface area contributed by atoms with Gasteiger partial charge in [0.05, 0.1) is 18.8 Å². The topological polar surface area (TPSA) is 66.0 Å². The van der Waals surface area contributed by atoms with Crippen LogP contribution < -0.4 is 5.32 Å². The molecule has 6 heteroatoms. The van der Waals surface area contributed by atoms with E-state index in [0.717, 1.165) is 5.56 Å². The number of rotatable bonds is 3. The number of carbonyl (C=O) groups excluding carboxylic acids is 1. The van der Waals surface area contributed by atoms with Crippen molar-refractivity contribution in [3.8, 4) is 0 Å². The number of hydrogen-bond acceptors (Lipinski definition) is 5. The zero-order valence-corrected chi connectivity index (χ0v) is 12.7. The van der Waals surface area contributed by atoms with E-state index in [1.54, 1.807) is 7.11 Å². The summed E-state index contributed by atoms with van der Waals surface area (Å²) >= 11 is 0. The second kappa shape index (κ2) is 6.75. The molecule has 2 heterocycles. The molecule has 1 aromatic rings. The first-order chi connectivity index (χ1) is 10.7. The summed E-state index contributed by atoms with van der Waals surface area (Å²) in [5.41, 5.74) is 0.978. The summed E-state index contributed by atoms with van der Waals surface area (Å²) in [6, 6.07) is 9.57. The van der Waals surface area contributed by atoms with Crippen molar-refractivity contribution in [2.75, 3.05) is 13.7 Å². The van der Waals surface area contributed by atoms with Crippen LogP contribution >= 0.6 is 0 Å². The fraction of sp³-hybridized carbons (Fsp3) is 0.562. The highest BCUT2D eigenvalue weighted by Crippen LogP contribution is 2.33. The van der Waals surface area contributed by atoms with E-state index in [1.807, 2.05) is 30.3 Å². The van der Waals surface area contributed by atoms with E-state index in [4.69, 9.17) is 18.9 Å². The second-order valence-electron chi connectivity index (χ2n) is 5.57. The largest absolute Gasteiger partial charge is 0.354 e. The number of fused-ring (bicyclic) bond motifs is 1. The Morgan fingerprint density at radius 1 is 1.23 bits per heavy atom. The molecule has 3 rings (SSSR count). The van der Waals surface area contributed by atoms with E-state index in [1.165, 1.54) is 6.92 Å². The first-order valence-electron chi connectivity index (χ1n) is 7.44. The zero-order valence-electron chi connectivity index (χ0n) is 12.7. The van der Waals surface area contributed by atoms with Crippen LogP contribution in [-0.2, 0) is 23.7 Å². The smallest absolute Gasteiger partial charge is 0.217 e. The van der Waals surface area contributed by atoms with Crippen molar-refractivity contribution in [1.82, 2.24) is 5.32 Å². The molecule has 6 nitrogen and oxygen atoms in total. The maximum atomic E-state index is 11.3. The minimum Gasteiger partial charge on any atom is -0.354 e. The van der Waals surface area contributed by atoms with E-state index in [0.29, 0.717) is 13.0 Å². The van der Waals surface area contributed by atoms with Crippen LogP contribution in [0.3, 0.4) is 0 Å². The van der Waals surface area contributed by atoms with Gasteiger partial charge in [0.1, 0.15) is 6.10 Å². The molecule has 0 aromatic heterocycles. The Hall–Kier alpha value is -1.47. The Bertz CT molecular complexity index is 509. The molecule has 120 valence electrons. The lowest BCUT2D eigenvalue weighted by molar-refractivity contribution is -0.318. The molecule has 2 saturated heterocycles. The van der Waals surface area contributed by atoms with Crippen LogP contribution in [-0.4, -0.2) is 44.2 Å². The number of methoxy groups -OCH3 is 1. The lowest BCUT2D eigenvalue weighted by Gasteiger charge is -2.44. The van der Waals surface area contributed by atoms with E-state index >= 15 is 0 Å². The van der Waals surface area contributed by atoms with Gasteiger partial charge in [0.15, 0.2) is 12.6 Å². The minimum atomic E-state index is -0.481. The van der Waals surface area contributed by atoms with Gasteiger partial charge in [-0.2, -0.15) is 0 Å². The lowest BCUT2D eigenvalue weighted by atomic mass is 9.99. The molecule has 2 aliphatic heterocycles. The van der Waals surface area contributed by atoms with Crippen LogP contribution in [0.5, 0.6) is 0 Å². The average molecular weight is 307 g/mol. The Kier molecular flexibility index (Phi) is 4.73. The summed E-state index contributed by atoms with van der Waals surface area (Å²) in [5, 5.41) is 2.86. The molecular formula is C16H21NO5. The van der Waals surface area contributed by atoms with Crippen LogP contribution in [0.25, 0.3) is 0 Å². The molecule has 0 aliphatic carbocycles. The van der Waals surface area contributed by atoms with E-state index < -0.39 is 12.6 Å². The molecule has 0 spiro atoms. The monoisotopic (exact) mass is 307 g/mol.